The first-order chi connectivity index (χ1) is 7.57. The highest BCUT2D eigenvalue weighted by atomic mass is 35.5. The second kappa shape index (κ2) is 4.44. The summed E-state index contributed by atoms with van der Waals surface area (Å²) in [6, 6.07) is 7.12. The van der Waals surface area contributed by atoms with Gasteiger partial charge < -0.3 is 11.1 Å². The minimum absolute atomic E-state index is 0.0375. The van der Waals surface area contributed by atoms with Crippen LogP contribution in [-0.2, 0) is 4.79 Å². The molecule has 1 aromatic carbocycles. The van der Waals surface area contributed by atoms with E-state index in [0.29, 0.717) is 11.4 Å². The largest absolute Gasteiger partial charge is 0.326 e. The van der Waals surface area contributed by atoms with Crippen LogP contribution in [0.2, 0.25) is 5.02 Å². The van der Waals surface area contributed by atoms with E-state index in [1.165, 1.54) is 0 Å². The van der Waals surface area contributed by atoms with Gasteiger partial charge in [-0.15, -0.1) is 0 Å². The van der Waals surface area contributed by atoms with Crippen LogP contribution in [0.15, 0.2) is 24.3 Å². The van der Waals surface area contributed by atoms with E-state index < -0.39 is 0 Å². The van der Waals surface area contributed by atoms with E-state index in [0.717, 1.165) is 24.9 Å². The van der Waals surface area contributed by atoms with Gasteiger partial charge in [0.05, 0.1) is 0 Å². The van der Waals surface area contributed by atoms with E-state index in [2.05, 4.69) is 5.32 Å². The molecule has 3 N–H and O–H groups in total. The lowest BCUT2D eigenvalue weighted by atomic mass is 9.75. The minimum atomic E-state index is -0.275. The molecular weight excluding hydrogens is 224 g/mol. The van der Waals surface area contributed by atoms with Crippen molar-refractivity contribution in [1.29, 1.82) is 0 Å². The molecule has 1 saturated carbocycles. The number of benzene rings is 1. The van der Waals surface area contributed by atoms with Crippen LogP contribution in [0.5, 0.6) is 0 Å². The molecule has 3 nitrogen and oxygen atoms in total. The van der Waals surface area contributed by atoms with Crippen molar-refractivity contribution >= 4 is 23.2 Å². The number of hydrogen-bond donors (Lipinski definition) is 2. The second-order valence-corrected chi connectivity index (χ2v) is 4.89. The monoisotopic (exact) mass is 238 g/mol. The number of anilines is 1. The van der Waals surface area contributed by atoms with E-state index in [1.807, 2.05) is 6.07 Å². The van der Waals surface area contributed by atoms with Crippen molar-refractivity contribution in [2.24, 2.45) is 5.73 Å². The van der Waals surface area contributed by atoms with Crippen LogP contribution in [-0.4, -0.2) is 11.4 Å². The maximum Gasteiger partial charge on any atom is 0.226 e. The molecule has 0 bridgehead atoms. The van der Waals surface area contributed by atoms with Gasteiger partial charge in [-0.05, 0) is 37.5 Å². The Morgan fingerprint density at radius 2 is 2.25 bits per heavy atom. The number of rotatable bonds is 3. The van der Waals surface area contributed by atoms with E-state index in [9.17, 15) is 4.79 Å². The van der Waals surface area contributed by atoms with Gasteiger partial charge in [0.25, 0.3) is 0 Å². The van der Waals surface area contributed by atoms with Crippen LogP contribution in [0.4, 0.5) is 5.69 Å². The molecule has 86 valence electrons. The lowest BCUT2D eigenvalue weighted by molar-refractivity contribution is -0.118. The van der Waals surface area contributed by atoms with Gasteiger partial charge in [-0.3, -0.25) is 4.79 Å². The first-order valence-electron chi connectivity index (χ1n) is 5.42. The molecular formula is C12H15ClN2O. The van der Waals surface area contributed by atoms with Crippen molar-refractivity contribution in [3.63, 3.8) is 0 Å². The predicted molar refractivity (Wildman–Crippen MR) is 65.5 cm³/mol. The van der Waals surface area contributed by atoms with Crippen molar-refractivity contribution < 1.29 is 4.79 Å². The Morgan fingerprint density at radius 3 is 2.81 bits per heavy atom. The SMILES string of the molecule is NC1(CC(=O)Nc2cccc(Cl)c2)CCC1. The molecule has 4 heteroatoms. The summed E-state index contributed by atoms with van der Waals surface area (Å²) >= 11 is 5.82. The van der Waals surface area contributed by atoms with Crippen LogP contribution in [0.25, 0.3) is 0 Å². The molecule has 1 amide bonds. The number of hydrogen-bond acceptors (Lipinski definition) is 2. The molecule has 0 spiro atoms. The Hall–Kier alpha value is -1.06. The van der Waals surface area contributed by atoms with Gasteiger partial charge >= 0.3 is 0 Å². The maximum atomic E-state index is 11.7. The van der Waals surface area contributed by atoms with Crippen molar-refractivity contribution in [2.75, 3.05) is 5.32 Å². The summed E-state index contributed by atoms with van der Waals surface area (Å²) in [6.07, 6.45) is 3.40. The number of carbonyl (C=O) groups excluding carboxylic acids is 1. The normalized spacial score (nSPS) is 17.6. The summed E-state index contributed by atoms with van der Waals surface area (Å²) in [5.74, 6) is -0.0375. The molecule has 1 aliphatic rings. The van der Waals surface area contributed by atoms with Crippen molar-refractivity contribution in [3.8, 4) is 0 Å². The fourth-order valence-corrected chi connectivity index (χ4v) is 2.09. The van der Waals surface area contributed by atoms with Gasteiger partial charge in [-0.2, -0.15) is 0 Å². The molecule has 0 radical (unpaired) electrons. The van der Waals surface area contributed by atoms with E-state index in [-0.39, 0.29) is 11.4 Å². The molecule has 1 aromatic rings. The Kier molecular flexibility index (Phi) is 3.17. The Balaban J connectivity index is 1.92. The Bertz CT molecular complexity index is 402. The first kappa shape index (κ1) is 11.4. The summed E-state index contributed by atoms with van der Waals surface area (Å²) in [5, 5.41) is 3.42. The summed E-state index contributed by atoms with van der Waals surface area (Å²) in [7, 11) is 0. The summed E-state index contributed by atoms with van der Waals surface area (Å²) in [5.41, 5.74) is 6.45. The van der Waals surface area contributed by atoms with Crippen molar-refractivity contribution in [1.82, 2.24) is 0 Å². The molecule has 0 saturated heterocycles. The molecule has 1 aliphatic carbocycles. The second-order valence-electron chi connectivity index (χ2n) is 4.45. The summed E-state index contributed by atoms with van der Waals surface area (Å²) in [4.78, 5) is 11.7. The molecule has 1 fully saturated rings. The third-order valence-electron chi connectivity index (χ3n) is 2.97. The molecule has 2 rings (SSSR count). The quantitative estimate of drug-likeness (QED) is 0.850. The zero-order chi connectivity index (χ0) is 11.6. The van der Waals surface area contributed by atoms with Gasteiger partial charge in [-0.1, -0.05) is 17.7 Å². The van der Waals surface area contributed by atoms with Crippen LogP contribution in [0.1, 0.15) is 25.7 Å². The van der Waals surface area contributed by atoms with Crippen molar-refractivity contribution in [3.05, 3.63) is 29.3 Å². The van der Waals surface area contributed by atoms with Gasteiger partial charge in [-0.25, -0.2) is 0 Å². The molecule has 0 atom stereocenters. The molecule has 0 aliphatic heterocycles. The number of halogens is 1. The van der Waals surface area contributed by atoms with Gasteiger partial charge in [0, 0.05) is 22.7 Å². The van der Waals surface area contributed by atoms with Crippen LogP contribution in [0, 0.1) is 0 Å². The molecule has 0 unspecified atom stereocenters. The third kappa shape index (κ3) is 2.74. The fourth-order valence-electron chi connectivity index (χ4n) is 1.90. The topological polar surface area (TPSA) is 55.1 Å². The van der Waals surface area contributed by atoms with Crippen LogP contribution < -0.4 is 11.1 Å². The predicted octanol–water partition coefficient (Wildman–Crippen LogP) is 2.55. The van der Waals surface area contributed by atoms with Crippen molar-refractivity contribution in [2.45, 2.75) is 31.2 Å². The van der Waals surface area contributed by atoms with Gasteiger partial charge in [0.2, 0.25) is 5.91 Å². The fraction of sp³-hybridized carbons (Fsp3) is 0.417. The average molecular weight is 239 g/mol. The maximum absolute atomic E-state index is 11.7. The number of nitrogens with two attached hydrogens (primary N) is 1. The highest BCUT2D eigenvalue weighted by Crippen LogP contribution is 2.32. The third-order valence-corrected chi connectivity index (χ3v) is 3.21. The average Bonchev–Trinajstić information content (AvgIpc) is 2.15. The zero-order valence-electron chi connectivity index (χ0n) is 9.00. The highest BCUT2D eigenvalue weighted by molar-refractivity contribution is 6.30. The summed E-state index contributed by atoms with van der Waals surface area (Å²) < 4.78 is 0. The van der Waals surface area contributed by atoms with Gasteiger partial charge in [0.1, 0.15) is 0 Å². The highest BCUT2D eigenvalue weighted by Gasteiger charge is 2.34. The molecule has 0 heterocycles. The van der Waals surface area contributed by atoms with Crippen LogP contribution in [0.3, 0.4) is 0 Å². The molecule has 0 aromatic heterocycles. The number of nitrogens with one attached hydrogen (secondary N) is 1. The Morgan fingerprint density at radius 1 is 1.50 bits per heavy atom. The zero-order valence-corrected chi connectivity index (χ0v) is 9.76. The lowest BCUT2D eigenvalue weighted by Gasteiger charge is -2.37. The number of carbonyl (C=O) groups is 1. The smallest absolute Gasteiger partial charge is 0.226 e. The summed E-state index contributed by atoms with van der Waals surface area (Å²) in [6.45, 7) is 0. The van der Waals surface area contributed by atoms with E-state index in [4.69, 9.17) is 17.3 Å². The number of amides is 1. The van der Waals surface area contributed by atoms with E-state index in [1.54, 1.807) is 18.2 Å². The lowest BCUT2D eigenvalue weighted by Crippen LogP contribution is -2.48. The molecule has 16 heavy (non-hydrogen) atoms. The first-order valence-corrected chi connectivity index (χ1v) is 5.80. The standard InChI is InChI=1S/C12H15ClN2O/c13-9-3-1-4-10(7-9)15-11(16)8-12(14)5-2-6-12/h1,3-4,7H,2,5-6,8,14H2,(H,15,16). The van der Waals surface area contributed by atoms with Gasteiger partial charge in [0.15, 0.2) is 0 Å². The minimum Gasteiger partial charge on any atom is -0.326 e. The Labute approximate surface area is 100.0 Å². The van der Waals surface area contributed by atoms with Crippen LogP contribution >= 0.6 is 11.6 Å². The van der Waals surface area contributed by atoms with E-state index >= 15 is 0 Å².